The maximum atomic E-state index is 9.79. The summed E-state index contributed by atoms with van der Waals surface area (Å²) in [7, 11) is -0.654. The number of aliphatic carboxylic acids is 1. The molecule has 5 heteroatoms. The molecule has 7 heavy (non-hydrogen) atoms. The van der Waals surface area contributed by atoms with E-state index in [0.717, 1.165) is 0 Å². The second kappa shape index (κ2) is 2.94. The molecule has 0 bridgehead atoms. The monoisotopic (exact) mass is 140 g/mol. The summed E-state index contributed by atoms with van der Waals surface area (Å²) >= 11 is 4.84. The predicted octanol–water partition coefficient (Wildman–Crippen LogP) is 0.430. The topological polar surface area (TPSA) is 54.4 Å². The highest BCUT2D eigenvalue weighted by molar-refractivity contribution is 7.84. The van der Waals surface area contributed by atoms with Crippen molar-refractivity contribution in [3.63, 3.8) is 0 Å². The highest BCUT2D eigenvalue weighted by atomic mass is 35.7. The van der Waals surface area contributed by atoms with Crippen molar-refractivity contribution in [3.8, 4) is 0 Å². The normalized spacial score (nSPS) is 9.86. The zero-order valence-electron chi connectivity index (χ0n) is 3.14. The number of carboxylic acid groups (broad SMARTS) is 1. The third-order valence-corrected chi connectivity index (χ3v) is 1.18. The molecule has 0 aliphatic rings. The van der Waals surface area contributed by atoms with E-state index in [2.05, 4.69) is 0 Å². The van der Waals surface area contributed by atoms with Gasteiger partial charge in [0.15, 0.2) is 0 Å². The Bertz CT molecular complexity index is 101. The van der Waals surface area contributed by atoms with E-state index < -0.39 is 19.4 Å². The SMILES string of the molecule is O=C(O)C(=O)PCl. The molecule has 0 radical (unpaired) electrons. The number of carbonyl (C=O) groups excluding carboxylic acids is 1. The average Bonchev–Trinajstić information content (AvgIpc) is 1.65. The van der Waals surface area contributed by atoms with Crippen LogP contribution < -0.4 is 0 Å². The molecule has 0 fully saturated rings. The van der Waals surface area contributed by atoms with E-state index in [1.165, 1.54) is 0 Å². The second-order valence-electron chi connectivity index (χ2n) is 0.729. The Balaban J connectivity index is 3.58. The van der Waals surface area contributed by atoms with Crippen molar-refractivity contribution in [3.05, 3.63) is 0 Å². The van der Waals surface area contributed by atoms with E-state index in [1.54, 1.807) is 0 Å². The third-order valence-electron chi connectivity index (χ3n) is 0.280. The summed E-state index contributed by atoms with van der Waals surface area (Å²) in [6.07, 6.45) is 0. The molecule has 0 saturated carbocycles. The summed E-state index contributed by atoms with van der Waals surface area (Å²) in [6.45, 7) is 0. The number of hydrogen-bond donors (Lipinski definition) is 1. The first-order valence-electron chi connectivity index (χ1n) is 1.32. The van der Waals surface area contributed by atoms with Crippen LogP contribution in [0.3, 0.4) is 0 Å². The number of carbonyl (C=O) groups is 2. The van der Waals surface area contributed by atoms with Gasteiger partial charge in [-0.3, -0.25) is 4.79 Å². The Kier molecular flexibility index (Phi) is 2.88. The molecule has 40 valence electrons. The maximum absolute atomic E-state index is 9.79. The predicted molar refractivity (Wildman–Crippen MR) is 26.8 cm³/mol. The van der Waals surface area contributed by atoms with Crippen molar-refractivity contribution in [2.24, 2.45) is 0 Å². The molecule has 0 spiro atoms. The molecule has 0 amide bonds. The van der Waals surface area contributed by atoms with Gasteiger partial charge in [0.2, 0.25) is 0 Å². The van der Waals surface area contributed by atoms with Crippen LogP contribution in [-0.2, 0) is 9.59 Å². The fourth-order valence-corrected chi connectivity index (χ4v) is 0.364. The first-order valence-corrected chi connectivity index (χ1v) is 3.33. The van der Waals surface area contributed by atoms with Crippen LogP contribution in [0.1, 0.15) is 0 Å². The van der Waals surface area contributed by atoms with E-state index in [0.29, 0.717) is 0 Å². The molecule has 0 aromatic rings. The van der Waals surface area contributed by atoms with Crippen molar-refractivity contribution in [2.45, 2.75) is 0 Å². The van der Waals surface area contributed by atoms with Crippen LogP contribution in [0.4, 0.5) is 0 Å². The van der Waals surface area contributed by atoms with Crippen molar-refractivity contribution in [1.82, 2.24) is 0 Å². The summed E-state index contributed by atoms with van der Waals surface area (Å²) in [4.78, 5) is 19.3. The molecule has 1 unspecified atom stereocenters. The highest BCUT2D eigenvalue weighted by Crippen LogP contribution is 2.15. The lowest BCUT2D eigenvalue weighted by molar-refractivity contribution is -0.145. The number of halogens is 1. The van der Waals surface area contributed by atoms with Gasteiger partial charge in [-0.2, -0.15) is 0 Å². The summed E-state index contributed by atoms with van der Waals surface area (Å²) in [5.41, 5.74) is -0.943. The van der Waals surface area contributed by atoms with Crippen LogP contribution in [-0.4, -0.2) is 16.6 Å². The maximum Gasteiger partial charge on any atom is 0.377 e. The first-order chi connectivity index (χ1) is 3.18. The van der Waals surface area contributed by atoms with Gasteiger partial charge < -0.3 is 5.11 Å². The van der Waals surface area contributed by atoms with Crippen molar-refractivity contribution in [2.75, 3.05) is 0 Å². The van der Waals surface area contributed by atoms with Gasteiger partial charge >= 0.3 is 5.97 Å². The smallest absolute Gasteiger partial charge is 0.377 e. The lowest BCUT2D eigenvalue weighted by Gasteiger charge is -1.78. The van der Waals surface area contributed by atoms with Gasteiger partial charge in [-0.25, -0.2) is 4.79 Å². The molecule has 0 aliphatic heterocycles. The second-order valence-corrected chi connectivity index (χ2v) is 1.94. The van der Waals surface area contributed by atoms with Gasteiger partial charge in [0, 0.05) is 0 Å². The standard InChI is InChI=1S/C2H2ClO3P/c3-7-2(6)1(4)5/h7H,(H,4,5). The van der Waals surface area contributed by atoms with Gasteiger partial charge in [0.05, 0.1) is 7.93 Å². The summed E-state index contributed by atoms with van der Waals surface area (Å²) in [6, 6.07) is 0. The Hall–Kier alpha value is -0.140. The molecule has 0 aromatic carbocycles. The van der Waals surface area contributed by atoms with Crippen LogP contribution >= 0.6 is 19.2 Å². The van der Waals surface area contributed by atoms with E-state index in [9.17, 15) is 9.59 Å². The lowest BCUT2D eigenvalue weighted by atomic mass is 10.8. The molecular weight excluding hydrogens is 138 g/mol. The van der Waals surface area contributed by atoms with Crippen molar-refractivity contribution < 1.29 is 14.7 Å². The van der Waals surface area contributed by atoms with Crippen molar-refractivity contribution in [1.29, 1.82) is 0 Å². The van der Waals surface area contributed by atoms with Gasteiger partial charge in [-0.05, 0) is 0 Å². The molecule has 1 N–H and O–H groups in total. The van der Waals surface area contributed by atoms with E-state index in [1.807, 2.05) is 0 Å². The quantitative estimate of drug-likeness (QED) is 0.447. The molecule has 0 rings (SSSR count). The average molecular weight is 140 g/mol. The minimum absolute atomic E-state index is 0.654. The molecule has 0 heterocycles. The molecule has 0 aromatic heterocycles. The van der Waals surface area contributed by atoms with Gasteiger partial charge in [-0.1, -0.05) is 11.2 Å². The molecule has 0 aliphatic carbocycles. The lowest BCUT2D eigenvalue weighted by Crippen LogP contribution is -2.03. The highest BCUT2D eigenvalue weighted by Gasteiger charge is 2.07. The molecule has 3 nitrogen and oxygen atoms in total. The van der Waals surface area contributed by atoms with Crippen LogP contribution in [0.2, 0.25) is 0 Å². The van der Waals surface area contributed by atoms with E-state index >= 15 is 0 Å². The van der Waals surface area contributed by atoms with Crippen LogP contribution in [0.25, 0.3) is 0 Å². The van der Waals surface area contributed by atoms with E-state index in [4.69, 9.17) is 16.3 Å². The van der Waals surface area contributed by atoms with Crippen LogP contribution in [0.5, 0.6) is 0 Å². The minimum atomic E-state index is -1.46. The fraction of sp³-hybridized carbons (Fsp3) is 0. The Morgan fingerprint density at radius 1 is 1.57 bits per heavy atom. The fourth-order valence-electron chi connectivity index (χ4n) is 0.0404. The number of carboxylic acids is 1. The molecule has 0 saturated heterocycles. The molecular formula is C2H2ClO3P. The zero-order valence-corrected chi connectivity index (χ0v) is 4.90. The zero-order chi connectivity index (χ0) is 5.86. The summed E-state index contributed by atoms with van der Waals surface area (Å²) in [5, 5.41) is 7.75. The van der Waals surface area contributed by atoms with Crippen LogP contribution in [0, 0.1) is 0 Å². The minimum Gasteiger partial charge on any atom is -0.475 e. The Labute approximate surface area is 46.2 Å². The Morgan fingerprint density at radius 2 is 2.00 bits per heavy atom. The third kappa shape index (κ3) is 2.54. The first kappa shape index (κ1) is 6.86. The largest absolute Gasteiger partial charge is 0.475 e. The number of hydrogen-bond acceptors (Lipinski definition) is 2. The van der Waals surface area contributed by atoms with Gasteiger partial charge in [-0.15, -0.1) is 0 Å². The van der Waals surface area contributed by atoms with Crippen LogP contribution in [0.15, 0.2) is 0 Å². The summed E-state index contributed by atoms with van der Waals surface area (Å²) < 4.78 is 0. The van der Waals surface area contributed by atoms with E-state index in [-0.39, 0.29) is 0 Å². The van der Waals surface area contributed by atoms with Crippen molar-refractivity contribution >= 4 is 30.7 Å². The molecule has 1 atom stereocenters. The summed E-state index contributed by atoms with van der Waals surface area (Å²) in [5.74, 6) is -1.46. The Morgan fingerprint density at radius 3 is 2.00 bits per heavy atom. The van der Waals surface area contributed by atoms with Gasteiger partial charge in [0.1, 0.15) is 0 Å². The van der Waals surface area contributed by atoms with Gasteiger partial charge in [0.25, 0.3) is 5.52 Å². The number of rotatable bonds is 2.